The Balaban J connectivity index is 2.33. The molecule has 100 valence electrons. The van der Waals surface area contributed by atoms with Crippen LogP contribution in [-0.2, 0) is 9.59 Å². The van der Waals surface area contributed by atoms with Crippen molar-refractivity contribution in [2.24, 2.45) is 16.8 Å². The second-order valence-corrected chi connectivity index (χ2v) is 5.06. The summed E-state index contributed by atoms with van der Waals surface area (Å²) in [7, 11) is 0. The summed E-state index contributed by atoms with van der Waals surface area (Å²) >= 11 is 5.42. The summed E-state index contributed by atoms with van der Waals surface area (Å²) in [6, 6.07) is 0. The van der Waals surface area contributed by atoms with Crippen LogP contribution < -0.4 is 5.32 Å². The summed E-state index contributed by atoms with van der Waals surface area (Å²) < 4.78 is 0. The van der Waals surface area contributed by atoms with Crippen molar-refractivity contribution in [3.63, 3.8) is 0 Å². The summed E-state index contributed by atoms with van der Waals surface area (Å²) in [4.78, 5) is 26.7. The van der Waals surface area contributed by atoms with Gasteiger partial charge in [-0.15, -0.1) is 11.6 Å². The Morgan fingerprint density at radius 2 is 2.21 bits per heavy atom. The summed E-state index contributed by atoms with van der Waals surface area (Å²) in [5.74, 6) is -0.328. The highest BCUT2D eigenvalue weighted by Gasteiger charge is 2.27. The Kier molecular flexibility index (Phi) is 4.00. The summed E-state index contributed by atoms with van der Waals surface area (Å²) in [6.07, 6.45) is 7.10. The molecule has 0 saturated carbocycles. The van der Waals surface area contributed by atoms with Crippen LogP contribution in [0.25, 0.3) is 0 Å². The molecule has 4 nitrogen and oxygen atoms in total. The number of alkyl halides is 1. The number of rotatable bonds is 2. The Morgan fingerprint density at radius 1 is 1.47 bits per heavy atom. The lowest BCUT2D eigenvalue weighted by molar-refractivity contribution is -0.116. The van der Waals surface area contributed by atoms with Crippen LogP contribution in [0, 0.1) is 11.8 Å². The van der Waals surface area contributed by atoms with Crippen molar-refractivity contribution in [2.75, 3.05) is 5.88 Å². The van der Waals surface area contributed by atoms with Gasteiger partial charge in [-0.1, -0.05) is 19.9 Å². The Bertz CT molecular complexity index is 542. The van der Waals surface area contributed by atoms with E-state index in [2.05, 4.69) is 24.2 Å². The molecule has 0 spiro atoms. The van der Waals surface area contributed by atoms with Crippen LogP contribution in [0.5, 0.6) is 0 Å². The van der Waals surface area contributed by atoms with Crippen LogP contribution in [0.15, 0.2) is 40.6 Å². The minimum atomic E-state index is -0.390. The van der Waals surface area contributed by atoms with E-state index in [1.807, 2.05) is 6.08 Å². The number of amides is 2. The third-order valence-corrected chi connectivity index (χ3v) is 3.29. The molecule has 2 aliphatic rings. The average molecular weight is 279 g/mol. The number of halogens is 1. The zero-order chi connectivity index (χ0) is 14.0. The first-order valence-corrected chi connectivity index (χ1v) is 6.64. The Labute approximate surface area is 116 Å². The molecule has 0 bridgehead atoms. The van der Waals surface area contributed by atoms with Crippen molar-refractivity contribution in [2.45, 2.75) is 13.8 Å². The molecular formula is C14H15ClN2O2. The van der Waals surface area contributed by atoms with Gasteiger partial charge in [0.15, 0.2) is 0 Å². The van der Waals surface area contributed by atoms with E-state index in [9.17, 15) is 9.59 Å². The minimum absolute atomic E-state index is 0.0581. The highest BCUT2D eigenvalue weighted by molar-refractivity contribution is 6.28. The molecule has 1 atom stereocenters. The first kappa shape index (κ1) is 13.7. The zero-order valence-corrected chi connectivity index (χ0v) is 11.6. The maximum Gasteiger partial charge on any atom is 0.261 e. The number of carbonyl (C=O) groups excluding carboxylic acids is 2. The quantitative estimate of drug-likeness (QED) is 0.785. The fourth-order valence-electron chi connectivity index (χ4n) is 2.19. The monoisotopic (exact) mass is 278 g/mol. The lowest BCUT2D eigenvalue weighted by atomic mass is 9.82. The first-order valence-electron chi connectivity index (χ1n) is 6.11. The van der Waals surface area contributed by atoms with Gasteiger partial charge >= 0.3 is 0 Å². The maximum atomic E-state index is 11.6. The molecule has 1 unspecified atom stereocenters. The molecule has 19 heavy (non-hydrogen) atoms. The second-order valence-electron chi connectivity index (χ2n) is 4.79. The van der Waals surface area contributed by atoms with E-state index in [4.69, 9.17) is 11.6 Å². The number of nitrogens with zero attached hydrogens (tertiary/aromatic N) is 1. The fraction of sp³-hybridized carbons (Fsp3) is 0.357. The van der Waals surface area contributed by atoms with E-state index in [-0.39, 0.29) is 23.6 Å². The van der Waals surface area contributed by atoms with Crippen molar-refractivity contribution in [3.05, 3.63) is 35.6 Å². The van der Waals surface area contributed by atoms with E-state index in [1.165, 1.54) is 0 Å². The van der Waals surface area contributed by atoms with Crippen molar-refractivity contribution in [1.29, 1.82) is 0 Å². The van der Waals surface area contributed by atoms with Gasteiger partial charge in [-0.25, -0.2) is 4.99 Å². The van der Waals surface area contributed by atoms with Crippen LogP contribution in [0.1, 0.15) is 13.8 Å². The number of allylic oxidation sites excluding steroid dienone is 3. The number of aliphatic imine (C=N–C) groups is 1. The largest absolute Gasteiger partial charge is 0.325 e. The third kappa shape index (κ3) is 3.01. The van der Waals surface area contributed by atoms with Crippen molar-refractivity contribution in [3.8, 4) is 0 Å². The predicted molar refractivity (Wildman–Crippen MR) is 74.9 cm³/mol. The lowest BCUT2D eigenvalue weighted by Crippen LogP contribution is -2.34. The zero-order valence-electron chi connectivity index (χ0n) is 10.8. The smallest absolute Gasteiger partial charge is 0.261 e. The summed E-state index contributed by atoms with van der Waals surface area (Å²) in [5.41, 5.74) is 2.34. The molecule has 0 fully saturated rings. The maximum absolute atomic E-state index is 11.6. The molecule has 1 N–H and O–H groups in total. The van der Waals surface area contributed by atoms with Gasteiger partial charge in [0.05, 0.1) is 5.71 Å². The molecular weight excluding hydrogens is 264 g/mol. The van der Waals surface area contributed by atoms with Gasteiger partial charge in [0.25, 0.3) is 5.91 Å². The summed E-state index contributed by atoms with van der Waals surface area (Å²) in [5, 5.41) is 2.79. The fourth-order valence-corrected chi connectivity index (χ4v) is 2.25. The number of hydrogen-bond donors (Lipinski definition) is 1. The molecule has 0 saturated heterocycles. The lowest BCUT2D eigenvalue weighted by Gasteiger charge is -2.29. The number of hydrogen-bond acceptors (Lipinski definition) is 2. The molecule has 0 aromatic heterocycles. The Morgan fingerprint density at radius 3 is 2.84 bits per heavy atom. The topological polar surface area (TPSA) is 58.5 Å². The highest BCUT2D eigenvalue weighted by atomic mass is 35.5. The van der Waals surface area contributed by atoms with E-state index in [1.54, 1.807) is 18.2 Å². The van der Waals surface area contributed by atoms with Crippen molar-refractivity contribution >= 4 is 29.1 Å². The van der Waals surface area contributed by atoms with E-state index in [0.29, 0.717) is 5.71 Å². The standard InChI is InChI=1S/C14H15ClN2O2/c1-8(2)11-6-13(18)17-12-5-9(3-4-10(11)12)16-14(19)7-15/h3-6,8,10H,7H2,1-2H3,(H,17,18). The molecule has 2 amide bonds. The van der Waals surface area contributed by atoms with Crippen LogP contribution in [-0.4, -0.2) is 23.4 Å². The average Bonchev–Trinajstić information content (AvgIpc) is 2.37. The van der Waals surface area contributed by atoms with Crippen LogP contribution in [0.2, 0.25) is 0 Å². The molecule has 0 radical (unpaired) electrons. The normalized spacial score (nSPS) is 23.9. The van der Waals surface area contributed by atoms with E-state index >= 15 is 0 Å². The molecule has 0 aromatic carbocycles. The minimum Gasteiger partial charge on any atom is -0.325 e. The third-order valence-electron chi connectivity index (χ3n) is 3.06. The van der Waals surface area contributed by atoms with Gasteiger partial charge in [0.2, 0.25) is 5.91 Å². The van der Waals surface area contributed by atoms with Crippen LogP contribution in [0.4, 0.5) is 0 Å². The molecule has 1 aliphatic heterocycles. The van der Waals surface area contributed by atoms with Gasteiger partial charge in [0, 0.05) is 17.7 Å². The molecule has 0 aromatic rings. The van der Waals surface area contributed by atoms with Gasteiger partial charge in [-0.05, 0) is 23.6 Å². The molecule has 1 heterocycles. The number of nitrogens with one attached hydrogen (secondary N) is 1. The molecule has 1 aliphatic carbocycles. The van der Waals surface area contributed by atoms with Crippen LogP contribution in [0.3, 0.4) is 0 Å². The second kappa shape index (κ2) is 5.53. The first-order chi connectivity index (χ1) is 9.01. The highest BCUT2D eigenvalue weighted by Crippen LogP contribution is 2.31. The van der Waals surface area contributed by atoms with E-state index < -0.39 is 5.91 Å². The summed E-state index contributed by atoms with van der Waals surface area (Å²) in [6.45, 7) is 4.10. The number of fused-ring (bicyclic) bond motifs is 1. The van der Waals surface area contributed by atoms with E-state index in [0.717, 1.165) is 11.3 Å². The van der Waals surface area contributed by atoms with Crippen LogP contribution >= 0.6 is 11.6 Å². The molecule has 5 heteroatoms. The van der Waals surface area contributed by atoms with Crippen molar-refractivity contribution < 1.29 is 9.59 Å². The SMILES string of the molecule is CC(C)C1=CC(=O)NC2=CC(=NC(=O)CCl)C=CC21. The Hall–Kier alpha value is -1.68. The van der Waals surface area contributed by atoms with Gasteiger partial charge in [-0.3, -0.25) is 9.59 Å². The molecule has 2 rings (SSSR count). The predicted octanol–water partition coefficient (Wildman–Crippen LogP) is 1.97. The van der Waals surface area contributed by atoms with Gasteiger partial charge < -0.3 is 5.32 Å². The van der Waals surface area contributed by atoms with Gasteiger partial charge in [0.1, 0.15) is 5.88 Å². The number of carbonyl (C=O) groups is 2. The van der Waals surface area contributed by atoms with Gasteiger partial charge in [-0.2, -0.15) is 0 Å². The van der Waals surface area contributed by atoms with Crippen molar-refractivity contribution in [1.82, 2.24) is 5.32 Å².